The first-order chi connectivity index (χ1) is 7.58. The van der Waals surface area contributed by atoms with Crippen LogP contribution in [0.1, 0.15) is 34.9 Å². The summed E-state index contributed by atoms with van der Waals surface area (Å²) in [6.45, 7) is 0. The number of primary amides is 1. The molecule has 0 aromatic carbocycles. The van der Waals surface area contributed by atoms with Crippen molar-refractivity contribution in [2.75, 3.05) is 0 Å². The summed E-state index contributed by atoms with van der Waals surface area (Å²) in [6.07, 6.45) is 3.15. The molecule has 2 rings (SSSR count). The normalized spacial score (nSPS) is 14.5. The van der Waals surface area contributed by atoms with Crippen LogP contribution in [0.3, 0.4) is 0 Å². The number of aromatic amines is 1. The van der Waals surface area contributed by atoms with E-state index < -0.39 is 17.5 Å². The van der Waals surface area contributed by atoms with Gasteiger partial charge in [-0.15, -0.1) is 0 Å². The van der Waals surface area contributed by atoms with Crippen molar-refractivity contribution in [2.24, 2.45) is 5.73 Å². The maximum absolute atomic E-state index is 11.5. The van der Waals surface area contributed by atoms with E-state index in [0.717, 1.165) is 19.0 Å². The number of imide groups is 1. The highest BCUT2D eigenvalue weighted by Crippen LogP contribution is 2.37. The van der Waals surface area contributed by atoms with Crippen molar-refractivity contribution in [3.05, 3.63) is 27.9 Å². The molecule has 0 atom stereocenters. The van der Waals surface area contributed by atoms with Gasteiger partial charge in [-0.1, -0.05) is 0 Å². The van der Waals surface area contributed by atoms with Gasteiger partial charge in [0, 0.05) is 12.1 Å². The highest BCUT2D eigenvalue weighted by atomic mass is 16.2. The lowest BCUT2D eigenvalue weighted by Gasteiger charge is -2.01. The molecule has 0 saturated heterocycles. The van der Waals surface area contributed by atoms with E-state index >= 15 is 0 Å². The quantitative estimate of drug-likeness (QED) is 0.622. The van der Waals surface area contributed by atoms with Gasteiger partial charge in [0.1, 0.15) is 11.4 Å². The number of carbonyl (C=O) groups excluding carboxylic acids is 2. The summed E-state index contributed by atoms with van der Waals surface area (Å²) >= 11 is 0. The smallest absolute Gasteiger partial charge is 0.319 e. The van der Waals surface area contributed by atoms with E-state index in [0.29, 0.717) is 11.7 Å². The minimum atomic E-state index is -1.00. The number of nitrogens with zero attached hydrogens (tertiary/aromatic N) is 1. The van der Waals surface area contributed by atoms with E-state index in [4.69, 9.17) is 5.73 Å². The maximum Gasteiger partial charge on any atom is 0.319 e. The van der Waals surface area contributed by atoms with Crippen molar-refractivity contribution >= 4 is 11.9 Å². The van der Waals surface area contributed by atoms with Crippen LogP contribution in [-0.4, -0.2) is 21.9 Å². The molecule has 16 heavy (non-hydrogen) atoms. The minimum absolute atomic E-state index is 0.219. The van der Waals surface area contributed by atoms with Crippen molar-refractivity contribution in [2.45, 2.75) is 18.8 Å². The second kappa shape index (κ2) is 3.76. The van der Waals surface area contributed by atoms with Crippen LogP contribution in [0.2, 0.25) is 0 Å². The van der Waals surface area contributed by atoms with Gasteiger partial charge in [0.25, 0.3) is 11.5 Å². The number of amides is 3. The molecule has 0 aliphatic heterocycles. The summed E-state index contributed by atoms with van der Waals surface area (Å²) < 4.78 is 0. The molecule has 84 valence electrons. The molecule has 1 aromatic heterocycles. The Morgan fingerprint density at radius 2 is 2.19 bits per heavy atom. The zero-order chi connectivity index (χ0) is 11.7. The van der Waals surface area contributed by atoms with Gasteiger partial charge >= 0.3 is 6.03 Å². The van der Waals surface area contributed by atoms with Crippen LogP contribution in [0.15, 0.2) is 11.0 Å². The predicted molar refractivity (Wildman–Crippen MR) is 53.9 cm³/mol. The first-order valence-corrected chi connectivity index (χ1v) is 4.78. The van der Waals surface area contributed by atoms with E-state index in [1.165, 1.54) is 0 Å². The molecular weight excluding hydrogens is 212 g/mol. The van der Waals surface area contributed by atoms with Crippen LogP contribution in [0.4, 0.5) is 4.79 Å². The predicted octanol–water partition coefficient (Wildman–Crippen LogP) is -0.544. The summed E-state index contributed by atoms with van der Waals surface area (Å²) in [4.78, 5) is 39.7. The SMILES string of the molecule is NC(=O)NC(=O)c1cnc(C2CC2)[nH]c1=O. The van der Waals surface area contributed by atoms with Crippen LogP contribution in [0.25, 0.3) is 0 Å². The van der Waals surface area contributed by atoms with E-state index in [1.54, 1.807) is 5.32 Å². The topological polar surface area (TPSA) is 118 Å². The van der Waals surface area contributed by atoms with Crippen molar-refractivity contribution in [3.63, 3.8) is 0 Å². The second-order valence-corrected chi connectivity index (χ2v) is 3.60. The average molecular weight is 222 g/mol. The number of H-pyrrole nitrogens is 1. The lowest BCUT2D eigenvalue weighted by atomic mass is 10.3. The summed E-state index contributed by atoms with van der Waals surface area (Å²) in [5, 5.41) is 1.80. The minimum Gasteiger partial charge on any atom is -0.351 e. The van der Waals surface area contributed by atoms with Crippen molar-refractivity contribution in [1.29, 1.82) is 0 Å². The Morgan fingerprint density at radius 3 is 2.69 bits per heavy atom. The number of carbonyl (C=O) groups is 2. The van der Waals surface area contributed by atoms with Gasteiger partial charge in [-0.3, -0.25) is 14.9 Å². The number of nitrogens with two attached hydrogens (primary N) is 1. The third-order valence-corrected chi connectivity index (χ3v) is 2.26. The van der Waals surface area contributed by atoms with Gasteiger partial charge in [-0.2, -0.15) is 0 Å². The molecule has 1 heterocycles. The first kappa shape index (κ1) is 10.3. The number of hydrogen-bond acceptors (Lipinski definition) is 4. The Morgan fingerprint density at radius 1 is 1.50 bits per heavy atom. The fourth-order valence-corrected chi connectivity index (χ4v) is 1.31. The van der Waals surface area contributed by atoms with E-state index in [1.807, 2.05) is 0 Å². The molecule has 4 N–H and O–H groups in total. The molecule has 0 bridgehead atoms. The number of hydrogen-bond donors (Lipinski definition) is 3. The van der Waals surface area contributed by atoms with Gasteiger partial charge in [0.05, 0.1) is 0 Å². The molecule has 1 saturated carbocycles. The number of aromatic nitrogens is 2. The van der Waals surface area contributed by atoms with Gasteiger partial charge < -0.3 is 10.7 Å². The van der Waals surface area contributed by atoms with Crippen LogP contribution in [-0.2, 0) is 0 Å². The van der Waals surface area contributed by atoms with E-state index in [-0.39, 0.29) is 5.56 Å². The van der Waals surface area contributed by atoms with Crippen molar-refractivity contribution in [1.82, 2.24) is 15.3 Å². The second-order valence-electron chi connectivity index (χ2n) is 3.60. The fourth-order valence-electron chi connectivity index (χ4n) is 1.31. The standard InChI is InChI=1S/C9H10N4O3/c10-9(16)13-8(15)5-3-11-6(4-1-2-4)12-7(5)14/h3-4H,1-2H2,(H,11,12,14)(H3,10,13,15,16). The summed E-state index contributed by atoms with van der Waals surface area (Å²) in [6, 6.07) is -1.00. The Kier molecular flexibility index (Phi) is 2.43. The van der Waals surface area contributed by atoms with Crippen molar-refractivity contribution in [3.8, 4) is 0 Å². The Balaban J connectivity index is 2.25. The molecule has 0 radical (unpaired) electrons. The van der Waals surface area contributed by atoms with Crippen LogP contribution < -0.4 is 16.6 Å². The molecule has 0 unspecified atom stereocenters. The highest BCUT2D eigenvalue weighted by Gasteiger charge is 2.26. The molecule has 1 aliphatic carbocycles. The number of rotatable bonds is 2. The van der Waals surface area contributed by atoms with Crippen LogP contribution in [0, 0.1) is 0 Å². The number of nitrogens with one attached hydrogen (secondary N) is 2. The molecule has 1 fully saturated rings. The summed E-state index contributed by atoms with van der Waals surface area (Å²) in [5.41, 5.74) is 3.99. The van der Waals surface area contributed by atoms with Gasteiger partial charge in [0.2, 0.25) is 0 Å². The largest absolute Gasteiger partial charge is 0.351 e. The van der Waals surface area contributed by atoms with Gasteiger partial charge in [0.15, 0.2) is 0 Å². The Labute approximate surface area is 90.1 Å². The third-order valence-electron chi connectivity index (χ3n) is 2.26. The average Bonchev–Trinajstić information content (AvgIpc) is 2.99. The Hall–Kier alpha value is -2.18. The van der Waals surface area contributed by atoms with Crippen molar-refractivity contribution < 1.29 is 9.59 Å². The number of urea groups is 1. The lowest BCUT2D eigenvalue weighted by Crippen LogP contribution is -2.38. The molecule has 1 aliphatic rings. The lowest BCUT2D eigenvalue weighted by molar-refractivity contribution is 0.0964. The molecule has 7 nitrogen and oxygen atoms in total. The van der Waals surface area contributed by atoms with E-state index in [9.17, 15) is 14.4 Å². The molecule has 0 spiro atoms. The Bertz CT molecular complexity index is 504. The molecule has 7 heteroatoms. The third kappa shape index (κ3) is 2.08. The van der Waals surface area contributed by atoms with Crippen LogP contribution in [0.5, 0.6) is 0 Å². The first-order valence-electron chi connectivity index (χ1n) is 4.78. The maximum atomic E-state index is 11.5. The zero-order valence-corrected chi connectivity index (χ0v) is 8.32. The van der Waals surface area contributed by atoms with Gasteiger partial charge in [-0.05, 0) is 12.8 Å². The molecule has 1 aromatic rings. The summed E-state index contributed by atoms with van der Waals surface area (Å²) in [7, 11) is 0. The monoisotopic (exact) mass is 222 g/mol. The highest BCUT2D eigenvalue weighted by molar-refractivity contribution is 6.03. The van der Waals surface area contributed by atoms with E-state index in [2.05, 4.69) is 9.97 Å². The molecule has 3 amide bonds. The summed E-state index contributed by atoms with van der Waals surface area (Å²) in [5.74, 6) is 0.0326. The fraction of sp³-hybridized carbons (Fsp3) is 0.333. The zero-order valence-electron chi connectivity index (χ0n) is 8.32. The van der Waals surface area contributed by atoms with Crippen LogP contribution >= 0.6 is 0 Å². The van der Waals surface area contributed by atoms with Gasteiger partial charge in [-0.25, -0.2) is 9.78 Å². The molecular formula is C9H10N4O3.